The van der Waals surface area contributed by atoms with Crippen LogP contribution in [0.5, 0.6) is 5.75 Å². The molecule has 0 aliphatic carbocycles. The van der Waals surface area contributed by atoms with Gasteiger partial charge < -0.3 is 10.1 Å². The fourth-order valence-electron chi connectivity index (χ4n) is 3.09. The number of carbonyl (C=O) groups excluding carboxylic acids is 1. The van der Waals surface area contributed by atoms with Crippen LogP contribution in [0, 0.1) is 13.8 Å². The molecule has 8 nitrogen and oxygen atoms in total. The summed E-state index contributed by atoms with van der Waals surface area (Å²) in [7, 11) is -3.87. The Morgan fingerprint density at radius 1 is 1.03 bits per heavy atom. The number of nitrogens with zero attached hydrogens (tertiary/aromatic N) is 2. The molecule has 1 aromatic heterocycles. The Hall–Kier alpha value is -3.72. The van der Waals surface area contributed by atoms with Crippen LogP contribution >= 0.6 is 0 Å². The van der Waals surface area contributed by atoms with Gasteiger partial charge in [-0.15, -0.1) is 0 Å². The zero-order valence-corrected chi connectivity index (χ0v) is 20.2. The number of aromatic nitrogens is 2. The molecule has 2 N–H and O–H groups in total. The summed E-state index contributed by atoms with van der Waals surface area (Å²) in [5, 5.41) is 2.72. The maximum absolute atomic E-state index is 12.6. The molecule has 9 heteroatoms. The van der Waals surface area contributed by atoms with Crippen LogP contribution in [0.15, 0.2) is 65.6 Å². The highest BCUT2D eigenvalue weighted by Crippen LogP contribution is 2.20. The summed E-state index contributed by atoms with van der Waals surface area (Å²) in [5.74, 6) is 0.384. The van der Waals surface area contributed by atoms with Crippen LogP contribution in [0.25, 0.3) is 6.08 Å². The number of benzene rings is 2. The standard InChI is InChI=1S/C25H28N4O4S/c1-4-5-16-33-23-9-7-6-8-20(23)10-15-24(30)28-21-11-13-22(14-12-21)34(31,32)29-25-26-18(2)17-19(3)27-25/h6-15,17H,4-5,16H2,1-3H3,(H,28,30)(H,26,27,29). The van der Waals surface area contributed by atoms with Gasteiger partial charge in [-0.2, -0.15) is 0 Å². The first kappa shape index (κ1) is 24.9. The first-order chi connectivity index (χ1) is 16.3. The van der Waals surface area contributed by atoms with E-state index in [1.807, 2.05) is 24.3 Å². The van der Waals surface area contributed by atoms with E-state index in [0.717, 1.165) is 24.2 Å². The van der Waals surface area contributed by atoms with Gasteiger partial charge in [-0.25, -0.2) is 23.1 Å². The third kappa shape index (κ3) is 7.14. The lowest BCUT2D eigenvalue weighted by atomic mass is 10.2. The summed E-state index contributed by atoms with van der Waals surface area (Å²) in [6.45, 7) is 6.23. The number of aryl methyl sites for hydroxylation is 2. The molecule has 34 heavy (non-hydrogen) atoms. The fraction of sp³-hybridized carbons (Fsp3) is 0.240. The van der Waals surface area contributed by atoms with Gasteiger partial charge in [0.25, 0.3) is 10.0 Å². The number of carbonyl (C=O) groups is 1. The molecule has 3 rings (SSSR count). The molecule has 2 aromatic carbocycles. The molecule has 0 bridgehead atoms. The molecule has 0 aliphatic rings. The van der Waals surface area contributed by atoms with E-state index in [0.29, 0.717) is 23.7 Å². The number of sulfonamides is 1. The summed E-state index contributed by atoms with van der Waals surface area (Å²) in [6.07, 6.45) is 5.09. The fourth-order valence-corrected chi connectivity index (χ4v) is 4.04. The summed E-state index contributed by atoms with van der Waals surface area (Å²) >= 11 is 0. The zero-order valence-electron chi connectivity index (χ0n) is 19.4. The van der Waals surface area contributed by atoms with Gasteiger partial charge >= 0.3 is 0 Å². The molecule has 0 unspecified atom stereocenters. The van der Waals surface area contributed by atoms with Crippen molar-refractivity contribution in [3.8, 4) is 5.75 Å². The predicted molar refractivity (Wildman–Crippen MR) is 133 cm³/mol. The van der Waals surface area contributed by atoms with E-state index in [4.69, 9.17) is 4.74 Å². The second-order valence-corrected chi connectivity index (χ2v) is 9.35. The topological polar surface area (TPSA) is 110 Å². The SMILES string of the molecule is CCCCOc1ccccc1C=CC(=O)Nc1ccc(S(=O)(=O)Nc2nc(C)cc(C)n2)cc1. The van der Waals surface area contributed by atoms with Crippen molar-refractivity contribution >= 4 is 33.6 Å². The summed E-state index contributed by atoms with van der Waals surface area (Å²) in [5.41, 5.74) is 2.58. The maximum Gasteiger partial charge on any atom is 0.264 e. The molecule has 0 saturated carbocycles. The van der Waals surface area contributed by atoms with Crippen molar-refractivity contribution in [3.05, 3.63) is 77.6 Å². The summed E-state index contributed by atoms with van der Waals surface area (Å²) in [6, 6.07) is 15.1. The Morgan fingerprint density at radius 3 is 2.38 bits per heavy atom. The van der Waals surface area contributed by atoms with Gasteiger partial charge in [0, 0.05) is 28.7 Å². The molecule has 0 spiro atoms. The second-order valence-electron chi connectivity index (χ2n) is 7.67. The van der Waals surface area contributed by atoms with Gasteiger partial charge in [0.1, 0.15) is 5.75 Å². The van der Waals surface area contributed by atoms with Crippen LogP contribution in [-0.4, -0.2) is 30.9 Å². The van der Waals surface area contributed by atoms with Crippen molar-refractivity contribution < 1.29 is 17.9 Å². The molecule has 0 aliphatic heterocycles. The molecule has 0 atom stereocenters. The first-order valence-corrected chi connectivity index (χ1v) is 12.4. The van der Waals surface area contributed by atoms with E-state index in [9.17, 15) is 13.2 Å². The number of hydrogen-bond acceptors (Lipinski definition) is 6. The molecule has 0 fully saturated rings. The second kappa shape index (κ2) is 11.4. The van der Waals surface area contributed by atoms with E-state index >= 15 is 0 Å². The number of amides is 1. The molecule has 0 radical (unpaired) electrons. The molecule has 178 valence electrons. The van der Waals surface area contributed by atoms with E-state index in [1.54, 1.807) is 26.0 Å². The Bertz CT molecular complexity index is 1250. The molecule has 1 amide bonds. The van der Waals surface area contributed by atoms with Crippen molar-refractivity contribution in [2.24, 2.45) is 0 Å². The number of nitrogens with one attached hydrogen (secondary N) is 2. The molecule has 3 aromatic rings. The Labute approximate surface area is 200 Å². The van der Waals surface area contributed by atoms with Crippen LogP contribution in [0.4, 0.5) is 11.6 Å². The lowest BCUT2D eigenvalue weighted by molar-refractivity contribution is -0.111. The average molecular weight is 481 g/mol. The maximum atomic E-state index is 12.6. The first-order valence-electron chi connectivity index (χ1n) is 10.9. The third-order valence-electron chi connectivity index (χ3n) is 4.73. The van der Waals surface area contributed by atoms with Crippen LogP contribution in [0.3, 0.4) is 0 Å². The number of anilines is 2. The van der Waals surface area contributed by atoms with Crippen molar-refractivity contribution in [1.29, 1.82) is 0 Å². The number of rotatable bonds is 10. The summed E-state index contributed by atoms with van der Waals surface area (Å²) < 4.78 is 33.4. The minimum absolute atomic E-state index is 0.0129. The number of hydrogen-bond donors (Lipinski definition) is 2. The number of ether oxygens (including phenoxy) is 1. The van der Waals surface area contributed by atoms with Gasteiger partial charge in [-0.3, -0.25) is 4.79 Å². The van der Waals surface area contributed by atoms with Crippen LogP contribution in [-0.2, 0) is 14.8 Å². The van der Waals surface area contributed by atoms with Crippen molar-refractivity contribution in [2.45, 2.75) is 38.5 Å². The van der Waals surface area contributed by atoms with E-state index in [2.05, 4.69) is 26.9 Å². The highest BCUT2D eigenvalue weighted by molar-refractivity contribution is 7.92. The Morgan fingerprint density at radius 2 is 1.71 bits per heavy atom. The highest BCUT2D eigenvalue weighted by Gasteiger charge is 2.16. The van der Waals surface area contributed by atoms with Crippen LogP contribution in [0.1, 0.15) is 36.7 Å². The molecule has 1 heterocycles. The Kier molecular flexibility index (Phi) is 8.37. The van der Waals surface area contributed by atoms with Crippen molar-refractivity contribution in [1.82, 2.24) is 9.97 Å². The smallest absolute Gasteiger partial charge is 0.264 e. The number of para-hydroxylation sites is 1. The molecular weight excluding hydrogens is 452 g/mol. The quantitative estimate of drug-likeness (QED) is 0.321. The van der Waals surface area contributed by atoms with Gasteiger partial charge in [-0.1, -0.05) is 31.5 Å². The zero-order chi connectivity index (χ0) is 24.6. The summed E-state index contributed by atoms with van der Waals surface area (Å²) in [4.78, 5) is 20.6. The average Bonchev–Trinajstić information content (AvgIpc) is 2.78. The lowest BCUT2D eigenvalue weighted by Gasteiger charge is -2.09. The van der Waals surface area contributed by atoms with E-state index < -0.39 is 10.0 Å². The van der Waals surface area contributed by atoms with E-state index in [-0.39, 0.29) is 16.8 Å². The minimum atomic E-state index is -3.87. The van der Waals surface area contributed by atoms with Gasteiger partial charge in [-0.05, 0) is 62.7 Å². The monoisotopic (exact) mass is 480 g/mol. The normalized spacial score (nSPS) is 11.4. The van der Waals surface area contributed by atoms with Crippen LogP contribution in [0.2, 0.25) is 0 Å². The molecular formula is C25H28N4O4S. The lowest BCUT2D eigenvalue weighted by Crippen LogP contribution is -2.16. The van der Waals surface area contributed by atoms with Gasteiger partial charge in [0.2, 0.25) is 11.9 Å². The minimum Gasteiger partial charge on any atom is -0.493 e. The van der Waals surface area contributed by atoms with Crippen molar-refractivity contribution in [3.63, 3.8) is 0 Å². The largest absolute Gasteiger partial charge is 0.493 e. The van der Waals surface area contributed by atoms with E-state index in [1.165, 1.54) is 30.3 Å². The number of unbranched alkanes of at least 4 members (excludes halogenated alkanes) is 1. The van der Waals surface area contributed by atoms with Crippen LogP contribution < -0.4 is 14.8 Å². The van der Waals surface area contributed by atoms with Gasteiger partial charge in [0.05, 0.1) is 11.5 Å². The predicted octanol–water partition coefficient (Wildman–Crippen LogP) is 4.73. The Balaban J connectivity index is 1.64. The van der Waals surface area contributed by atoms with Gasteiger partial charge in [0.15, 0.2) is 0 Å². The molecule has 0 saturated heterocycles. The van der Waals surface area contributed by atoms with Crippen molar-refractivity contribution in [2.75, 3.05) is 16.6 Å². The highest BCUT2D eigenvalue weighted by atomic mass is 32.2. The third-order valence-corrected chi connectivity index (χ3v) is 6.07.